The quantitative estimate of drug-likeness (QED) is 0.0253. The Kier molecular flexibility index (Phi) is 36.7. The number of amides is 12. The molecule has 0 radical (unpaired) electrons. The van der Waals surface area contributed by atoms with Crippen LogP contribution in [0.5, 0.6) is 0 Å². The molecule has 0 saturated heterocycles. The molecule has 0 aliphatic carbocycles. The first-order valence-corrected chi connectivity index (χ1v) is 27.9. The second kappa shape index (κ2) is 40.2. The third-order valence-electron chi connectivity index (χ3n) is 12.7. The van der Waals surface area contributed by atoms with Gasteiger partial charge in [0.05, 0.1) is 6.04 Å². The molecule has 0 aliphatic rings. The van der Waals surface area contributed by atoms with Gasteiger partial charge in [-0.1, -0.05) is 0 Å². The van der Waals surface area contributed by atoms with Gasteiger partial charge in [-0.25, -0.2) is 0 Å². The van der Waals surface area contributed by atoms with Crippen LogP contribution < -0.4 is 92.5 Å². The largest absolute Gasteiger partial charge is 0.480 e. The molecule has 0 fully saturated rings. The summed E-state index contributed by atoms with van der Waals surface area (Å²) in [5, 5.41) is 39.1. The molecule has 0 aromatic carbocycles. The molecular weight excluding hydrogens is 1070 g/mol. The van der Waals surface area contributed by atoms with E-state index >= 15 is 0 Å². The molecule has 0 aromatic rings. The summed E-state index contributed by atoms with van der Waals surface area (Å²) in [6.45, 7) is 13.2. The van der Waals surface area contributed by atoms with E-state index in [-0.39, 0.29) is 51.9 Å². The normalized spacial score (nSPS) is 15.8. The standard InChI is InChI=1S/C51H95N17O14/c1-26(56)39(69)57-27(2)40(70)60-32(7)45(75)65-37(20-12-16-24-54)49(79)67-35(18-10-14-22-52)47(77)62-30(5)42(72)58-28(3)41(71)61-33(8)46(76)66-38(21-13-17-25-55)50(80)68-36(19-11-15-23-53)48(78)63-31(6)43(73)59-29(4)44(74)64-34(9)51(81)82/h26-38H,10-25,52-56H2,1-9H3,(H,57,69)(H,58,72)(H,59,73)(H,60,70)(H,61,71)(H,62,77)(H,63,78)(H,64,74)(H,65,75)(H,66,76)(H,67,79)(H,68,80)(H,81,82). The van der Waals surface area contributed by atoms with Crippen LogP contribution in [0.1, 0.15) is 139 Å². The number of rotatable bonds is 41. The number of nitrogens with one attached hydrogen (secondary N) is 12. The van der Waals surface area contributed by atoms with E-state index in [1.54, 1.807) is 0 Å². The van der Waals surface area contributed by atoms with Gasteiger partial charge < -0.3 is 97.6 Å². The molecule has 0 aliphatic heterocycles. The molecule has 13 unspecified atom stereocenters. The summed E-state index contributed by atoms with van der Waals surface area (Å²) < 4.78 is 0. The zero-order valence-electron chi connectivity index (χ0n) is 49.0. The van der Waals surface area contributed by atoms with Gasteiger partial charge in [0.1, 0.15) is 72.5 Å². The van der Waals surface area contributed by atoms with E-state index < -0.39 is 155 Å². The van der Waals surface area contributed by atoms with E-state index in [9.17, 15) is 62.3 Å². The van der Waals surface area contributed by atoms with Gasteiger partial charge in [0.15, 0.2) is 0 Å². The highest BCUT2D eigenvalue weighted by atomic mass is 16.4. The van der Waals surface area contributed by atoms with Gasteiger partial charge in [-0.15, -0.1) is 0 Å². The number of hydrogen-bond donors (Lipinski definition) is 18. The summed E-state index contributed by atoms with van der Waals surface area (Å²) in [6.07, 6.45) is 3.73. The van der Waals surface area contributed by atoms with Gasteiger partial charge in [-0.05, 0) is 166 Å². The second-order valence-corrected chi connectivity index (χ2v) is 20.4. The fraction of sp³-hybridized carbons (Fsp3) is 0.745. The molecule has 0 aromatic heterocycles. The maximum Gasteiger partial charge on any atom is 0.325 e. The molecule has 31 heteroatoms. The molecule has 0 saturated carbocycles. The fourth-order valence-electron chi connectivity index (χ4n) is 7.37. The third-order valence-corrected chi connectivity index (χ3v) is 12.7. The number of carboxylic acid groups (broad SMARTS) is 1. The molecule has 0 heterocycles. The Morgan fingerprint density at radius 2 is 0.439 bits per heavy atom. The highest BCUT2D eigenvalue weighted by Gasteiger charge is 2.33. The molecule has 468 valence electrons. The minimum absolute atomic E-state index is 0.0604. The first kappa shape index (κ1) is 74.9. The van der Waals surface area contributed by atoms with Crippen LogP contribution in [0.15, 0.2) is 0 Å². The molecular formula is C51H95N17O14. The van der Waals surface area contributed by atoms with Crippen LogP contribution in [-0.4, -0.2) is 187 Å². The fourth-order valence-corrected chi connectivity index (χ4v) is 7.37. The monoisotopic (exact) mass is 1170 g/mol. The van der Waals surface area contributed by atoms with Gasteiger partial charge in [0, 0.05) is 0 Å². The lowest BCUT2D eigenvalue weighted by Gasteiger charge is -2.26. The number of aliphatic carboxylic acids is 1. The maximum absolute atomic E-state index is 13.8. The Bertz CT molecular complexity index is 2140. The van der Waals surface area contributed by atoms with Crippen molar-refractivity contribution in [3.63, 3.8) is 0 Å². The van der Waals surface area contributed by atoms with Crippen molar-refractivity contribution < 1.29 is 67.4 Å². The molecule has 0 spiro atoms. The minimum Gasteiger partial charge on any atom is -0.480 e. The SMILES string of the molecule is CC(N)C(=O)NC(C)C(=O)NC(C)C(=O)NC(CCCCN)C(=O)NC(CCCCN)C(=O)NC(C)C(=O)NC(C)C(=O)NC(C)C(=O)NC(CCCCN)C(=O)NC(CCCCN)C(=O)NC(C)C(=O)NC(C)C(=O)NC(C)C(=O)O. The average Bonchev–Trinajstić information content (AvgIpc) is 3.41. The highest BCUT2D eigenvalue weighted by molar-refractivity contribution is 5.99. The number of hydrogen-bond acceptors (Lipinski definition) is 18. The molecule has 23 N–H and O–H groups in total. The van der Waals surface area contributed by atoms with E-state index in [4.69, 9.17) is 33.8 Å². The summed E-state index contributed by atoms with van der Waals surface area (Å²) in [7, 11) is 0. The number of nitrogens with two attached hydrogens (primary N) is 5. The van der Waals surface area contributed by atoms with Crippen LogP contribution in [0, 0.1) is 0 Å². The maximum atomic E-state index is 13.8. The van der Waals surface area contributed by atoms with Crippen molar-refractivity contribution in [1.82, 2.24) is 63.8 Å². The average molecular weight is 1170 g/mol. The van der Waals surface area contributed by atoms with E-state index in [1.165, 1.54) is 62.3 Å². The lowest BCUT2D eigenvalue weighted by atomic mass is 10.0. The van der Waals surface area contributed by atoms with Crippen molar-refractivity contribution in [1.29, 1.82) is 0 Å². The number of carbonyl (C=O) groups excluding carboxylic acids is 12. The third kappa shape index (κ3) is 29.6. The van der Waals surface area contributed by atoms with Gasteiger partial charge in [0.2, 0.25) is 70.9 Å². The number of unbranched alkanes of at least 4 members (excludes halogenated alkanes) is 4. The van der Waals surface area contributed by atoms with Gasteiger partial charge >= 0.3 is 5.97 Å². The predicted molar refractivity (Wildman–Crippen MR) is 301 cm³/mol. The second-order valence-electron chi connectivity index (χ2n) is 20.4. The van der Waals surface area contributed by atoms with E-state index in [1.807, 2.05) is 0 Å². The molecule has 0 rings (SSSR count). The lowest BCUT2D eigenvalue weighted by molar-refractivity contribution is -0.141. The van der Waals surface area contributed by atoms with Crippen molar-refractivity contribution >= 4 is 76.9 Å². The summed E-state index contributed by atoms with van der Waals surface area (Å²) in [5.74, 6) is -10.4. The Hall–Kier alpha value is -7.09. The van der Waals surface area contributed by atoms with Crippen molar-refractivity contribution in [3.05, 3.63) is 0 Å². The van der Waals surface area contributed by atoms with Crippen LogP contribution in [0.4, 0.5) is 0 Å². The number of carboxylic acids is 1. The molecule has 12 amide bonds. The summed E-state index contributed by atoms with van der Waals surface area (Å²) in [4.78, 5) is 170. The molecule has 82 heavy (non-hydrogen) atoms. The van der Waals surface area contributed by atoms with E-state index in [2.05, 4.69) is 63.8 Å². The smallest absolute Gasteiger partial charge is 0.325 e. The zero-order chi connectivity index (χ0) is 62.8. The topological polar surface area (TPSA) is 517 Å². The van der Waals surface area contributed by atoms with Crippen LogP contribution in [0.2, 0.25) is 0 Å². The van der Waals surface area contributed by atoms with Crippen molar-refractivity contribution in [2.45, 2.75) is 218 Å². The van der Waals surface area contributed by atoms with E-state index in [0.29, 0.717) is 51.4 Å². The van der Waals surface area contributed by atoms with Crippen LogP contribution >= 0.6 is 0 Å². The number of carbonyl (C=O) groups is 13. The Morgan fingerprint density at radius 3 is 0.646 bits per heavy atom. The van der Waals surface area contributed by atoms with Crippen molar-refractivity contribution in [3.8, 4) is 0 Å². The predicted octanol–water partition coefficient (Wildman–Crippen LogP) is -6.09. The van der Waals surface area contributed by atoms with Crippen LogP contribution in [-0.2, 0) is 62.3 Å². The highest BCUT2D eigenvalue weighted by Crippen LogP contribution is 2.09. The van der Waals surface area contributed by atoms with Crippen molar-refractivity contribution in [2.75, 3.05) is 26.2 Å². The van der Waals surface area contributed by atoms with Gasteiger partial charge in [-0.3, -0.25) is 62.3 Å². The minimum atomic E-state index is -1.29. The Labute approximate surface area is 479 Å². The van der Waals surface area contributed by atoms with Crippen LogP contribution in [0.3, 0.4) is 0 Å². The summed E-state index contributed by atoms with van der Waals surface area (Å²) >= 11 is 0. The first-order chi connectivity index (χ1) is 38.4. The van der Waals surface area contributed by atoms with Crippen LogP contribution in [0.25, 0.3) is 0 Å². The van der Waals surface area contributed by atoms with Gasteiger partial charge in [0.25, 0.3) is 0 Å². The lowest BCUT2D eigenvalue weighted by Crippen LogP contribution is -2.59. The molecule has 0 bridgehead atoms. The summed E-state index contributed by atoms with van der Waals surface area (Å²) in [6, 6.07) is -15.5. The molecule has 13 atom stereocenters. The Morgan fingerprint density at radius 1 is 0.268 bits per heavy atom. The first-order valence-electron chi connectivity index (χ1n) is 27.9. The zero-order valence-corrected chi connectivity index (χ0v) is 49.0. The Balaban J connectivity index is 5.98. The summed E-state index contributed by atoms with van der Waals surface area (Å²) in [5.41, 5.74) is 28.3. The van der Waals surface area contributed by atoms with Gasteiger partial charge in [-0.2, -0.15) is 0 Å². The molecule has 31 nitrogen and oxygen atoms in total. The van der Waals surface area contributed by atoms with Crippen molar-refractivity contribution in [2.24, 2.45) is 28.7 Å². The van der Waals surface area contributed by atoms with E-state index in [0.717, 1.165) is 0 Å².